The predicted molar refractivity (Wildman–Crippen MR) is 112 cm³/mol. The normalized spacial score (nSPS) is 20.6. The van der Waals surface area contributed by atoms with Gasteiger partial charge in [-0.25, -0.2) is 0 Å². The summed E-state index contributed by atoms with van der Waals surface area (Å²) in [4.78, 5) is 17.2. The molecule has 2 fully saturated rings. The van der Waals surface area contributed by atoms with E-state index in [2.05, 4.69) is 58.2 Å². The van der Waals surface area contributed by atoms with Crippen molar-refractivity contribution in [1.82, 2.24) is 20.0 Å². The summed E-state index contributed by atoms with van der Waals surface area (Å²) in [5.74, 6) is 1.20. The van der Waals surface area contributed by atoms with E-state index in [9.17, 15) is 4.79 Å². The van der Waals surface area contributed by atoms with E-state index in [-0.39, 0.29) is 12.0 Å². The molecule has 2 aliphatic rings. The molecular weight excluding hydrogens is 366 g/mol. The van der Waals surface area contributed by atoms with Crippen molar-refractivity contribution in [2.75, 3.05) is 25.0 Å². The Balaban J connectivity index is 1.43. The topological polar surface area (TPSA) is 74.5 Å². The van der Waals surface area contributed by atoms with E-state index < -0.39 is 0 Å². The first-order valence-corrected chi connectivity index (χ1v) is 10.6. The van der Waals surface area contributed by atoms with Crippen molar-refractivity contribution in [1.29, 1.82) is 0 Å². The lowest BCUT2D eigenvalue weighted by Gasteiger charge is -2.42. The minimum atomic E-state index is 0.265. The minimum absolute atomic E-state index is 0.265. The summed E-state index contributed by atoms with van der Waals surface area (Å²) >= 11 is 0. The lowest BCUT2D eigenvalue weighted by molar-refractivity contribution is -0.142. The molecule has 0 radical (unpaired) electrons. The smallest absolute Gasteiger partial charge is 0.320 e. The molecule has 7 nitrogen and oxygen atoms in total. The third-order valence-electron chi connectivity index (χ3n) is 6.27. The molecule has 1 saturated carbocycles. The molecule has 0 bridgehead atoms. The molecule has 4 rings (SSSR count). The second-order valence-corrected chi connectivity index (χ2v) is 8.59. The van der Waals surface area contributed by atoms with Crippen LogP contribution in [0.3, 0.4) is 0 Å². The molecule has 1 aliphatic heterocycles. The number of nitrogens with zero attached hydrogens (tertiary/aromatic N) is 4. The van der Waals surface area contributed by atoms with Gasteiger partial charge in [-0.15, -0.1) is 5.10 Å². The molecule has 2 aromatic rings. The van der Waals surface area contributed by atoms with Crippen LogP contribution in [0.1, 0.15) is 48.8 Å². The molecule has 1 aromatic carbocycles. The summed E-state index contributed by atoms with van der Waals surface area (Å²) in [5, 5.41) is 11.2. The monoisotopic (exact) mass is 397 g/mol. The number of rotatable bonds is 5. The van der Waals surface area contributed by atoms with Crippen LogP contribution in [0.2, 0.25) is 0 Å². The van der Waals surface area contributed by atoms with Gasteiger partial charge in [0.05, 0.1) is 0 Å². The van der Waals surface area contributed by atoms with Crippen molar-refractivity contribution in [3.63, 3.8) is 0 Å². The van der Waals surface area contributed by atoms with Crippen molar-refractivity contribution in [3.05, 3.63) is 34.7 Å². The van der Waals surface area contributed by atoms with Gasteiger partial charge in [-0.1, -0.05) is 17.6 Å². The molecule has 1 amide bonds. The summed E-state index contributed by atoms with van der Waals surface area (Å²) in [6.07, 6.45) is 3.35. The van der Waals surface area contributed by atoms with E-state index in [0.29, 0.717) is 17.8 Å². The molecule has 1 aliphatic carbocycles. The van der Waals surface area contributed by atoms with Gasteiger partial charge in [0.1, 0.15) is 0 Å². The van der Waals surface area contributed by atoms with Gasteiger partial charge in [0.2, 0.25) is 11.8 Å². The van der Waals surface area contributed by atoms with Gasteiger partial charge < -0.3 is 14.6 Å². The molecule has 1 saturated heterocycles. The SMILES string of the molecule is Cc1cc(CN2CCN(C(=O)C3CCC3)[C@@H](C)C2)c(C)c(Nc2nnc(C)o2)c1. The number of hydrogen-bond acceptors (Lipinski definition) is 6. The maximum Gasteiger partial charge on any atom is 0.320 e. The highest BCUT2D eigenvalue weighted by Crippen LogP contribution is 2.30. The quantitative estimate of drug-likeness (QED) is 0.831. The second-order valence-electron chi connectivity index (χ2n) is 8.59. The summed E-state index contributed by atoms with van der Waals surface area (Å²) in [5.41, 5.74) is 4.66. The maximum atomic E-state index is 12.7. The third-order valence-corrected chi connectivity index (χ3v) is 6.27. The van der Waals surface area contributed by atoms with Crippen LogP contribution in [0.5, 0.6) is 0 Å². The number of piperazine rings is 1. The van der Waals surface area contributed by atoms with Crippen LogP contribution in [-0.2, 0) is 11.3 Å². The van der Waals surface area contributed by atoms with Crippen molar-refractivity contribution in [2.45, 2.75) is 59.5 Å². The number of carbonyl (C=O) groups excluding carboxylic acids is 1. The molecule has 29 heavy (non-hydrogen) atoms. The molecule has 156 valence electrons. The van der Waals surface area contributed by atoms with Gasteiger partial charge in [-0.2, -0.15) is 0 Å². The van der Waals surface area contributed by atoms with Crippen LogP contribution in [0.25, 0.3) is 0 Å². The van der Waals surface area contributed by atoms with Gasteiger partial charge in [-0.3, -0.25) is 9.69 Å². The fraction of sp³-hybridized carbons (Fsp3) is 0.591. The maximum absolute atomic E-state index is 12.7. The average molecular weight is 398 g/mol. The first-order chi connectivity index (χ1) is 13.9. The molecular formula is C22H31N5O2. The van der Waals surface area contributed by atoms with E-state index in [0.717, 1.165) is 44.7 Å². The number of aryl methyl sites for hydroxylation is 2. The Morgan fingerprint density at radius 3 is 2.62 bits per heavy atom. The number of aromatic nitrogens is 2. The number of anilines is 2. The van der Waals surface area contributed by atoms with E-state index in [4.69, 9.17) is 4.42 Å². The first-order valence-electron chi connectivity index (χ1n) is 10.6. The van der Waals surface area contributed by atoms with Crippen LogP contribution in [-0.4, -0.2) is 51.6 Å². The molecule has 0 spiro atoms. The number of nitrogens with one attached hydrogen (secondary N) is 1. The molecule has 0 unspecified atom stereocenters. The zero-order valence-electron chi connectivity index (χ0n) is 17.9. The van der Waals surface area contributed by atoms with Crippen molar-refractivity contribution < 1.29 is 9.21 Å². The van der Waals surface area contributed by atoms with Crippen LogP contribution in [0, 0.1) is 26.7 Å². The van der Waals surface area contributed by atoms with Crippen LogP contribution in [0.4, 0.5) is 11.7 Å². The van der Waals surface area contributed by atoms with Gasteiger partial charge in [-0.05, 0) is 56.4 Å². The summed E-state index contributed by atoms with van der Waals surface area (Å²) in [6.45, 7) is 11.7. The molecule has 7 heteroatoms. The Morgan fingerprint density at radius 1 is 1.21 bits per heavy atom. The van der Waals surface area contributed by atoms with Crippen LogP contribution < -0.4 is 5.32 Å². The summed E-state index contributed by atoms with van der Waals surface area (Å²) < 4.78 is 5.47. The highest BCUT2D eigenvalue weighted by atomic mass is 16.4. The Bertz CT molecular complexity index is 889. The Hall–Kier alpha value is -2.41. The molecule has 2 heterocycles. The Labute approximate surface area is 172 Å². The highest BCUT2D eigenvalue weighted by Gasteiger charge is 2.34. The lowest BCUT2D eigenvalue weighted by atomic mass is 9.84. The fourth-order valence-electron chi connectivity index (χ4n) is 4.32. The number of carbonyl (C=O) groups is 1. The van der Waals surface area contributed by atoms with Gasteiger partial charge >= 0.3 is 6.01 Å². The average Bonchev–Trinajstić information content (AvgIpc) is 3.02. The predicted octanol–water partition coefficient (Wildman–Crippen LogP) is 3.57. The van der Waals surface area contributed by atoms with Gasteiger partial charge in [0, 0.05) is 50.7 Å². The minimum Gasteiger partial charge on any atom is -0.408 e. The molecule has 1 aromatic heterocycles. The van der Waals surface area contributed by atoms with Crippen LogP contribution in [0.15, 0.2) is 16.5 Å². The standard InChI is InChI=1S/C22H31N5O2/c1-14-10-19(16(3)20(11-14)23-22-25-24-17(4)29-22)13-26-8-9-27(15(2)12-26)21(28)18-6-5-7-18/h10-11,15,18H,5-9,12-13H2,1-4H3,(H,23,25)/t15-/m0/s1. The van der Waals surface area contributed by atoms with Gasteiger partial charge in [0.15, 0.2) is 0 Å². The Morgan fingerprint density at radius 2 is 2.00 bits per heavy atom. The number of hydrogen-bond donors (Lipinski definition) is 1. The molecule has 1 atom stereocenters. The second kappa shape index (κ2) is 8.14. The number of benzene rings is 1. The third kappa shape index (κ3) is 4.29. The zero-order valence-corrected chi connectivity index (χ0v) is 17.9. The fourth-order valence-corrected chi connectivity index (χ4v) is 4.32. The van der Waals surface area contributed by atoms with Crippen molar-refractivity contribution in [3.8, 4) is 0 Å². The van der Waals surface area contributed by atoms with Gasteiger partial charge in [0.25, 0.3) is 0 Å². The molecule has 1 N–H and O–H groups in total. The first kappa shape index (κ1) is 19.9. The van der Waals surface area contributed by atoms with E-state index in [1.54, 1.807) is 6.92 Å². The van der Waals surface area contributed by atoms with E-state index in [1.807, 2.05) is 0 Å². The number of amides is 1. The largest absolute Gasteiger partial charge is 0.408 e. The van der Waals surface area contributed by atoms with E-state index in [1.165, 1.54) is 23.1 Å². The van der Waals surface area contributed by atoms with Crippen LogP contribution >= 0.6 is 0 Å². The zero-order chi connectivity index (χ0) is 20.5. The Kier molecular flexibility index (Phi) is 5.58. The summed E-state index contributed by atoms with van der Waals surface area (Å²) in [7, 11) is 0. The van der Waals surface area contributed by atoms with Crippen molar-refractivity contribution in [2.24, 2.45) is 5.92 Å². The van der Waals surface area contributed by atoms with Crippen molar-refractivity contribution >= 4 is 17.6 Å². The summed E-state index contributed by atoms with van der Waals surface area (Å²) in [6, 6.07) is 5.03. The van der Waals surface area contributed by atoms with E-state index >= 15 is 0 Å². The lowest BCUT2D eigenvalue weighted by Crippen LogP contribution is -2.55. The highest BCUT2D eigenvalue weighted by molar-refractivity contribution is 5.80.